The Kier molecular flexibility index (Phi) is 4.31. The molecule has 22 heavy (non-hydrogen) atoms. The number of carbonyl (C=O) groups is 2. The van der Waals surface area contributed by atoms with Gasteiger partial charge in [-0.3, -0.25) is 9.59 Å². The monoisotopic (exact) mass is 331 g/mol. The van der Waals surface area contributed by atoms with Crippen molar-refractivity contribution in [1.82, 2.24) is 0 Å². The van der Waals surface area contributed by atoms with E-state index in [0.717, 1.165) is 16.6 Å². The van der Waals surface area contributed by atoms with E-state index in [4.69, 9.17) is 4.74 Å². The Balaban J connectivity index is 1.85. The summed E-state index contributed by atoms with van der Waals surface area (Å²) in [6, 6.07) is 10.8. The third kappa shape index (κ3) is 2.93. The van der Waals surface area contributed by atoms with Gasteiger partial charge in [-0.1, -0.05) is 6.07 Å². The first kappa shape index (κ1) is 14.9. The quantitative estimate of drug-likeness (QED) is 0.780. The van der Waals surface area contributed by atoms with E-state index in [2.05, 4.69) is 0 Å². The average molecular weight is 331 g/mol. The maximum Gasteiger partial charge on any atom is 0.298 e. The third-order valence-electron chi connectivity index (χ3n) is 3.02. The van der Waals surface area contributed by atoms with E-state index in [9.17, 15) is 9.59 Å². The van der Waals surface area contributed by atoms with Gasteiger partial charge in [0.1, 0.15) is 5.75 Å². The van der Waals surface area contributed by atoms with Gasteiger partial charge in [-0.15, -0.1) is 11.3 Å². The van der Waals surface area contributed by atoms with Crippen molar-refractivity contribution >= 4 is 46.0 Å². The van der Waals surface area contributed by atoms with Gasteiger partial charge in [-0.05, 0) is 60.5 Å². The zero-order chi connectivity index (χ0) is 15.5. The highest BCUT2D eigenvalue weighted by atomic mass is 32.2. The second-order valence-electron chi connectivity index (χ2n) is 4.46. The number of nitrogens with zero attached hydrogens (tertiary/aromatic N) is 1. The third-order valence-corrected chi connectivity index (χ3v) is 4.71. The highest BCUT2D eigenvalue weighted by Crippen LogP contribution is 2.36. The number of amides is 2. The Bertz CT molecular complexity index is 720. The molecule has 1 aliphatic rings. The van der Waals surface area contributed by atoms with Crippen molar-refractivity contribution < 1.29 is 14.3 Å². The molecule has 0 unspecified atom stereocenters. The molecule has 0 aliphatic carbocycles. The van der Waals surface area contributed by atoms with Gasteiger partial charge >= 0.3 is 0 Å². The van der Waals surface area contributed by atoms with Crippen LogP contribution in [0.1, 0.15) is 11.8 Å². The van der Waals surface area contributed by atoms with Gasteiger partial charge in [0.25, 0.3) is 11.1 Å². The van der Waals surface area contributed by atoms with Crippen molar-refractivity contribution in [2.75, 3.05) is 11.5 Å². The largest absolute Gasteiger partial charge is 0.494 e. The molecule has 4 nitrogen and oxygen atoms in total. The SMILES string of the molecule is CCOc1ccc(N2C(=O)SC(=Cc3cccs3)C2=O)cc1. The van der Waals surface area contributed by atoms with E-state index < -0.39 is 0 Å². The summed E-state index contributed by atoms with van der Waals surface area (Å²) in [5.74, 6) is 0.430. The maximum atomic E-state index is 12.4. The summed E-state index contributed by atoms with van der Waals surface area (Å²) >= 11 is 2.49. The molecule has 112 valence electrons. The first-order valence-corrected chi connectivity index (χ1v) is 8.43. The number of ether oxygens (including phenoxy) is 1. The maximum absolute atomic E-state index is 12.4. The van der Waals surface area contributed by atoms with Crippen LogP contribution in [0.25, 0.3) is 6.08 Å². The van der Waals surface area contributed by atoms with Crippen molar-refractivity contribution in [2.45, 2.75) is 6.92 Å². The van der Waals surface area contributed by atoms with Crippen LogP contribution in [-0.2, 0) is 4.79 Å². The summed E-state index contributed by atoms with van der Waals surface area (Å²) in [6.45, 7) is 2.48. The summed E-state index contributed by atoms with van der Waals surface area (Å²) in [5, 5.41) is 1.65. The summed E-state index contributed by atoms with van der Waals surface area (Å²) in [5.41, 5.74) is 0.556. The Morgan fingerprint density at radius 3 is 2.59 bits per heavy atom. The van der Waals surface area contributed by atoms with Crippen LogP contribution in [0, 0.1) is 0 Å². The van der Waals surface area contributed by atoms with Gasteiger partial charge in [0.15, 0.2) is 0 Å². The lowest BCUT2D eigenvalue weighted by atomic mass is 10.2. The number of rotatable bonds is 4. The lowest BCUT2D eigenvalue weighted by Gasteiger charge is -2.13. The van der Waals surface area contributed by atoms with Crippen LogP contribution in [0.4, 0.5) is 10.5 Å². The molecule has 1 fully saturated rings. The summed E-state index contributed by atoms with van der Waals surface area (Å²) in [7, 11) is 0. The number of anilines is 1. The Hall–Kier alpha value is -2.05. The van der Waals surface area contributed by atoms with Crippen molar-refractivity contribution in [3.63, 3.8) is 0 Å². The van der Waals surface area contributed by atoms with Crippen LogP contribution < -0.4 is 9.64 Å². The topological polar surface area (TPSA) is 46.6 Å². The van der Waals surface area contributed by atoms with Gasteiger partial charge < -0.3 is 4.74 Å². The van der Waals surface area contributed by atoms with Crippen LogP contribution in [0.3, 0.4) is 0 Å². The van der Waals surface area contributed by atoms with Crippen LogP contribution in [0.2, 0.25) is 0 Å². The Labute approximate surface area is 136 Å². The predicted octanol–water partition coefficient (Wildman–Crippen LogP) is 4.39. The fraction of sp³-hybridized carbons (Fsp3) is 0.125. The minimum atomic E-state index is -0.285. The number of imide groups is 1. The zero-order valence-corrected chi connectivity index (χ0v) is 13.4. The molecule has 6 heteroatoms. The van der Waals surface area contributed by atoms with Crippen LogP contribution in [-0.4, -0.2) is 17.8 Å². The molecule has 2 amide bonds. The van der Waals surface area contributed by atoms with Crippen LogP contribution >= 0.6 is 23.1 Å². The number of benzene rings is 1. The molecule has 0 N–H and O–H groups in total. The van der Waals surface area contributed by atoms with E-state index >= 15 is 0 Å². The second-order valence-corrected chi connectivity index (χ2v) is 6.43. The number of thioether (sulfide) groups is 1. The molecule has 1 saturated heterocycles. The lowest BCUT2D eigenvalue weighted by molar-refractivity contribution is -0.113. The minimum Gasteiger partial charge on any atom is -0.494 e. The molecular formula is C16H13NO3S2. The predicted molar refractivity (Wildman–Crippen MR) is 90.4 cm³/mol. The Morgan fingerprint density at radius 2 is 1.95 bits per heavy atom. The molecule has 0 radical (unpaired) electrons. The van der Waals surface area contributed by atoms with Crippen molar-refractivity contribution in [2.24, 2.45) is 0 Å². The van der Waals surface area contributed by atoms with Crippen LogP contribution in [0.5, 0.6) is 5.75 Å². The zero-order valence-electron chi connectivity index (χ0n) is 11.8. The normalized spacial score (nSPS) is 16.6. The van der Waals surface area contributed by atoms with E-state index in [1.165, 1.54) is 16.2 Å². The Morgan fingerprint density at radius 1 is 1.18 bits per heavy atom. The van der Waals surface area contributed by atoms with Crippen LogP contribution in [0.15, 0.2) is 46.7 Å². The number of hydrogen-bond acceptors (Lipinski definition) is 5. The fourth-order valence-corrected chi connectivity index (χ4v) is 3.62. The minimum absolute atomic E-state index is 0.281. The number of thiophene rings is 1. The first-order valence-electron chi connectivity index (χ1n) is 6.73. The smallest absolute Gasteiger partial charge is 0.298 e. The van der Waals surface area contributed by atoms with Crippen molar-refractivity contribution in [3.8, 4) is 5.75 Å². The average Bonchev–Trinajstić information content (AvgIpc) is 3.10. The van der Waals surface area contributed by atoms with E-state index in [-0.39, 0.29) is 11.1 Å². The standard InChI is InChI=1S/C16H13NO3S2/c1-2-20-12-7-5-11(6-8-12)17-15(18)14(22-16(17)19)10-13-4-3-9-21-13/h3-10H,2H2,1H3. The molecule has 1 aromatic heterocycles. The number of hydrogen-bond donors (Lipinski definition) is 0. The molecule has 0 saturated carbocycles. The summed E-state index contributed by atoms with van der Waals surface area (Å²) in [6.07, 6.45) is 1.75. The fourth-order valence-electron chi connectivity index (χ4n) is 2.05. The summed E-state index contributed by atoms with van der Waals surface area (Å²) in [4.78, 5) is 27.2. The van der Waals surface area contributed by atoms with Gasteiger partial charge in [0.05, 0.1) is 17.2 Å². The molecule has 0 spiro atoms. The highest BCUT2D eigenvalue weighted by Gasteiger charge is 2.36. The second kappa shape index (κ2) is 6.37. The van der Waals surface area contributed by atoms with Gasteiger partial charge in [-0.2, -0.15) is 0 Å². The molecule has 1 aliphatic heterocycles. The van der Waals surface area contributed by atoms with Gasteiger partial charge in [0.2, 0.25) is 0 Å². The molecule has 0 atom stereocenters. The van der Waals surface area contributed by atoms with E-state index in [1.807, 2.05) is 24.4 Å². The van der Waals surface area contributed by atoms with Crippen molar-refractivity contribution in [1.29, 1.82) is 0 Å². The number of carbonyl (C=O) groups excluding carboxylic acids is 2. The van der Waals surface area contributed by atoms with E-state index in [1.54, 1.807) is 30.3 Å². The summed E-state index contributed by atoms with van der Waals surface area (Å²) < 4.78 is 5.36. The molecule has 2 heterocycles. The lowest BCUT2D eigenvalue weighted by Crippen LogP contribution is -2.27. The highest BCUT2D eigenvalue weighted by molar-refractivity contribution is 8.19. The molecular weight excluding hydrogens is 318 g/mol. The molecule has 0 bridgehead atoms. The molecule has 1 aromatic carbocycles. The first-order chi connectivity index (χ1) is 10.7. The van der Waals surface area contributed by atoms with Gasteiger partial charge in [0, 0.05) is 4.88 Å². The molecule has 3 rings (SSSR count). The van der Waals surface area contributed by atoms with E-state index in [0.29, 0.717) is 22.9 Å². The molecule has 2 aromatic rings. The van der Waals surface area contributed by atoms with Crippen molar-refractivity contribution in [3.05, 3.63) is 51.6 Å². The van der Waals surface area contributed by atoms with Gasteiger partial charge in [-0.25, -0.2) is 4.90 Å².